The second-order valence-corrected chi connectivity index (χ2v) is 8.52. The first-order chi connectivity index (χ1) is 13.7. The summed E-state index contributed by atoms with van der Waals surface area (Å²) in [6.07, 6.45) is 1.33. The van der Waals surface area contributed by atoms with E-state index < -0.39 is 15.8 Å². The molecular weight excluding hydrogens is 419 g/mol. The number of carbonyl (C=O) groups is 1. The van der Waals surface area contributed by atoms with Crippen molar-refractivity contribution in [2.24, 2.45) is 5.14 Å². The molecule has 0 saturated heterocycles. The summed E-state index contributed by atoms with van der Waals surface area (Å²) < 4.78 is 38.4. The third-order valence-electron chi connectivity index (χ3n) is 4.35. The van der Waals surface area contributed by atoms with Crippen molar-refractivity contribution in [3.63, 3.8) is 0 Å². The van der Waals surface area contributed by atoms with Gasteiger partial charge in [-0.1, -0.05) is 18.5 Å². The van der Waals surface area contributed by atoms with Crippen LogP contribution in [0.4, 0.5) is 10.1 Å². The van der Waals surface area contributed by atoms with E-state index in [0.29, 0.717) is 30.0 Å². The highest BCUT2D eigenvalue weighted by Gasteiger charge is 2.15. The molecule has 154 valence electrons. The first kappa shape index (κ1) is 21.2. The van der Waals surface area contributed by atoms with Crippen molar-refractivity contribution >= 4 is 44.3 Å². The number of nitrogens with zero attached hydrogens (tertiary/aromatic N) is 2. The fraction of sp³-hybridized carbons (Fsp3) is 0.263. The van der Waals surface area contributed by atoms with E-state index >= 15 is 0 Å². The van der Waals surface area contributed by atoms with Crippen LogP contribution >= 0.6 is 11.6 Å². The van der Waals surface area contributed by atoms with E-state index in [1.54, 1.807) is 6.07 Å². The van der Waals surface area contributed by atoms with Crippen molar-refractivity contribution in [3.05, 3.63) is 53.1 Å². The minimum absolute atomic E-state index is 0.0105. The molecule has 10 heteroatoms. The number of anilines is 1. The highest BCUT2D eigenvalue weighted by molar-refractivity contribution is 7.89. The number of aromatic nitrogens is 2. The van der Waals surface area contributed by atoms with Crippen molar-refractivity contribution in [1.29, 1.82) is 0 Å². The molecule has 0 fully saturated rings. The number of sulfonamides is 1. The number of nitrogens with two attached hydrogens (primary N) is 1. The molecule has 1 aromatic heterocycles. The van der Waals surface area contributed by atoms with Crippen molar-refractivity contribution in [1.82, 2.24) is 9.55 Å². The van der Waals surface area contributed by atoms with Gasteiger partial charge in [0, 0.05) is 25.1 Å². The van der Waals surface area contributed by atoms with Gasteiger partial charge >= 0.3 is 0 Å². The monoisotopic (exact) mass is 438 g/mol. The molecule has 0 atom stereocenters. The average molecular weight is 439 g/mol. The molecule has 0 radical (unpaired) electrons. The van der Waals surface area contributed by atoms with Crippen LogP contribution in [0.2, 0.25) is 5.02 Å². The number of imidazole rings is 1. The number of nitrogens with one attached hydrogen (secondary N) is 1. The van der Waals surface area contributed by atoms with Gasteiger partial charge in [-0.2, -0.15) is 0 Å². The zero-order valence-corrected chi connectivity index (χ0v) is 17.2. The molecule has 29 heavy (non-hydrogen) atoms. The lowest BCUT2D eigenvalue weighted by atomic mass is 10.2. The number of benzene rings is 2. The predicted octanol–water partition coefficient (Wildman–Crippen LogP) is 3.46. The molecule has 0 aliphatic carbocycles. The molecule has 7 nitrogen and oxygen atoms in total. The zero-order chi connectivity index (χ0) is 21.2. The van der Waals surface area contributed by atoms with Gasteiger partial charge in [-0.05, 0) is 42.8 Å². The number of amides is 1. The smallest absolute Gasteiger partial charge is 0.238 e. The van der Waals surface area contributed by atoms with E-state index in [1.165, 1.54) is 30.3 Å². The number of fused-ring (bicyclic) bond motifs is 1. The number of hydrogen-bond acceptors (Lipinski definition) is 4. The molecule has 0 spiro atoms. The number of primary sulfonamides is 1. The number of aryl methyl sites for hydroxylation is 2. The standard InChI is InChI=1S/C19H20ClFN4O3S/c1-2-9-25-17-6-4-13(29(22,27)28)11-16(17)24-18(25)7-8-19(26)23-12-3-5-15(21)14(20)10-12/h3-6,10-11H,2,7-9H2,1H3,(H,23,26)(H2,22,27,28). The number of halogens is 2. The van der Waals surface area contributed by atoms with Crippen LogP contribution in [-0.4, -0.2) is 23.9 Å². The first-order valence-corrected chi connectivity index (χ1v) is 10.9. The Morgan fingerprint density at radius 1 is 1.28 bits per heavy atom. The van der Waals surface area contributed by atoms with Gasteiger partial charge in [-0.15, -0.1) is 0 Å². The Bertz CT molecular complexity index is 1180. The Balaban J connectivity index is 1.80. The maximum atomic E-state index is 13.2. The van der Waals surface area contributed by atoms with E-state index in [4.69, 9.17) is 16.7 Å². The van der Waals surface area contributed by atoms with Crippen molar-refractivity contribution < 1.29 is 17.6 Å². The highest BCUT2D eigenvalue weighted by atomic mass is 35.5. The normalized spacial score (nSPS) is 11.7. The summed E-state index contributed by atoms with van der Waals surface area (Å²) in [4.78, 5) is 16.8. The largest absolute Gasteiger partial charge is 0.328 e. The van der Waals surface area contributed by atoms with Gasteiger partial charge in [0.2, 0.25) is 15.9 Å². The molecule has 3 N–H and O–H groups in total. The SMILES string of the molecule is CCCn1c(CCC(=O)Nc2ccc(F)c(Cl)c2)nc2cc(S(N)(=O)=O)ccc21. The zero-order valence-electron chi connectivity index (χ0n) is 15.7. The topological polar surface area (TPSA) is 107 Å². The molecule has 0 aliphatic heterocycles. The van der Waals surface area contributed by atoms with Crippen LogP contribution in [-0.2, 0) is 27.8 Å². The molecule has 0 unspecified atom stereocenters. The van der Waals surface area contributed by atoms with Crippen LogP contribution in [0.15, 0.2) is 41.3 Å². The van der Waals surface area contributed by atoms with E-state index in [-0.39, 0.29) is 22.2 Å². The predicted molar refractivity (Wildman–Crippen MR) is 110 cm³/mol. The molecule has 3 rings (SSSR count). The van der Waals surface area contributed by atoms with Gasteiger partial charge < -0.3 is 9.88 Å². The molecule has 0 bridgehead atoms. The Morgan fingerprint density at radius 3 is 2.69 bits per heavy atom. The van der Waals surface area contributed by atoms with Crippen LogP contribution in [0, 0.1) is 5.82 Å². The fourth-order valence-electron chi connectivity index (χ4n) is 3.02. The lowest BCUT2D eigenvalue weighted by Crippen LogP contribution is -2.14. The quantitative estimate of drug-likeness (QED) is 0.589. The second-order valence-electron chi connectivity index (χ2n) is 6.55. The van der Waals surface area contributed by atoms with Crippen molar-refractivity contribution in [2.75, 3.05) is 5.32 Å². The Morgan fingerprint density at radius 2 is 2.03 bits per heavy atom. The van der Waals surface area contributed by atoms with Gasteiger partial charge in [0.25, 0.3) is 0 Å². The average Bonchev–Trinajstić information content (AvgIpc) is 3.00. The Hall–Kier alpha value is -2.49. The van der Waals surface area contributed by atoms with Crippen LogP contribution in [0.25, 0.3) is 11.0 Å². The number of hydrogen-bond donors (Lipinski definition) is 2. The summed E-state index contributed by atoms with van der Waals surface area (Å²) in [6, 6.07) is 8.50. The summed E-state index contributed by atoms with van der Waals surface area (Å²) in [5.41, 5.74) is 1.69. The summed E-state index contributed by atoms with van der Waals surface area (Å²) in [6.45, 7) is 2.69. The maximum Gasteiger partial charge on any atom is 0.238 e. The fourth-order valence-corrected chi connectivity index (χ4v) is 3.74. The summed E-state index contributed by atoms with van der Waals surface area (Å²) >= 11 is 5.72. The Kier molecular flexibility index (Phi) is 6.21. The van der Waals surface area contributed by atoms with Gasteiger partial charge in [-0.3, -0.25) is 4.79 Å². The molecule has 0 aliphatic rings. The third-order valence-corrected chi connectivity index (χ3v) is 5.55. The van der Waals surface area contributed by atoms with Gasteiger partial charge in [-0.25, -0.2) is 22.9 Å². The van der Waals surface area contributed by atoms with E-state index in [0.717, 1.165) is 11.9 Å². The molecule has 0 saturated carbocycles. The summed E-state index contributed by atoms with van der Waals surface area (Å²) in [7, 11) is -3.83. The third kappa shape index (κ3) is 4.92. The van der Waals surface area contributed by atoms with Crippen LogP contribution in [0.3, 0.4) is 0 Å². The lowest BCUT2D eigenvalue weighted by Gasteiger charge is -2.09. The van der Waals surface area contributed by atoms with Gasteiger partial charge in [0.15, 0.2) is 0 Å². The maximum absolute atomic E-state index is 13.2. The lowest BCUT2D eigenvalue weighted by molar-refractivity contribution is -0.116. The minimum Gasteiger partial charge on any atom is -0.328 e. The summed E-state index contributed by atoms with van der Waals surface area (Å²) in [5.74, 6) is -0.162. The van der Waals surface area contributed by atoms with E-state index in [1.807, 2.05) is 11.5 Å². The molecule has 1 heterocycles. The highest BCUT2D eigenvalue weighted by Crippen LogP contribution is 2.22. The van der Waals surface area contributed by atoms with Crippen LogP contribution in [0.1, 0.15) is 25.6 Å². The number of rotatable bonds is 7. The van der Waals surface area contributed by atoms with E-state index in [2.05, 4.69) is 10.3 Å². The van der Waals surface area contributed by atoms with Crippen LogP contribution < -0.4 is 10.5 Å². The van der Waals surface area contributed by atoms with Crippen molar-refractivity contribution in [2.45, 2.75) is 37.6 Å². The molecule has 3 aromatic rings. The molecule has 2 aromatic carbocycles. The second kappa shape index (κ2) is 8.48. The summed E-state index contributed by atoms with van der Waals surface area (Å²) in [5, 5.41) is 7.80. The first-order valence-electron chi connectivity index (χ1n) is 8.96. The van der Waals surface area contributed by atoms with E-state index in [9.17, 15) is 17.6 Å². The van der Waals surface area contributed by atoms with Gasteiger partial charge in [0.05, 0.1) is 21.0 Å². The minimum atomic E-state index is -3.83. The van der Waals surface area contributed by atoms with Gasteiger partial charge in [0.1, 0.15) is 11.6 Å². The molecular formula is C19H20ClFN4O3S. The number of carbonyl (C=O) groups excluding carboxylic acids is 1. The Labute approximate surface area is 172 Å². The van der Waals surface area contributed by atoms with Crippen molar-refractivity contribution in [3.8, 4) is 0 Å². The van der Waals surface area contributed by atoms with Crippen LogP contribution in [0.5, 0.6) is 0 Å². The molecule has 1 amide bonds.